The summed E-state index contributed by atoms with van der Waals surface area (Å²) in [5.41, 5.74) is 1.03. The third kappa shape index (κ3) is 4.52. The highest BCUT2D eigenvalue weighted by Crippen LogP contribution is 2.22. The molecule has 2 aliphatic rings. The lowest BCUT2D eigenvalue weighted by Gasteiger charge is -2.21. The topological polar surface area (TPSA) is 74.2 Å². The highest BCUT2D eigenvalue weighted by molar-refractivity contribution is 6.21. The lowest BCUT2D eigenvalue weighted by atomic mass is 10.1. The Morgan fingerprint density at radius 3 is 2.57 bits per heavy atom. The molecule has 1 aromatic rings. The number of benzene rings is 1. The number of aliphatic imine (C=N–C) groups is 1. The van der Waals surface area contributed by atoms with Gasteiger partial charge in [-0.2, -0.15) is 0 Å². The van der Waals surface area contributed by atoms with Crippen molar-refractivity contribution in [2.75, 3.05) is 46.4 Å². The fourth-order valence-electron chi connectivity index (χ4n) is 3.83. The summed E-state index contributed by atoms with van der Waals surface area (Å²) in [6.07, 6.45) is 2.70. The number of carbonyl (C=O) groups excluding carboxylic acids is 2. The van der Waals surface area contributed by atoms with Gasteiger partial charge in [0.2, 0.25) is 0 Å². The van der Waals surface area contributed by atoms with E-state index < -0.39 is 0 Å². The Morgan fingerprint density at radius 1 is 1.21 bits per heavy atom. The number of guanidine groups is 1. The molecule has 2 aliphatic heterocycles. The average Bonchev–Trinajstić information content (AvgIpc) is 3.26. The molecule has 0 spiro atoms. The normalized spacial score (nSPS) is 19.5. The van der Waals surface area contributed by atoms with Gasteiger partial charge < -0.3 is 15.0 Å². The number of fused-ring (bicyclic) bond motifs is 1. The molecule has 1 atom stereocenters. The van der Waals surface area contributed by atoms with Crippen LogP contribution in [0, 0.1) is 5.92 Å². The van der Waals surface area contributed by atoms with Crippen LogP contribution >= 0.6 is 0 Å². The Kier molecular flexibility index (Phi) is 7.03. The van der Waals surface area contributed by atoms with Crippen molar-refractivity contribution in [3.63, 3.8) is 0 Å². The van der Waals surface area contributed by atoms with E-state index in [-0.39, 0.29) is 11.8 Å². The number of hydrogen-bond donors (Lipinski definition) is 1. The zero-order chi connectivity index (χ0) is 19.9. The molecule has 0 bridgehead atoms. The molecule has 0 saturated carbocycles. The predicted octanol–water partition coefficient (Wildman–Crippen LogP) is 2.00. The van der Waals surface area contributed by atoms with Crippen LogP contribution < -0.4 is 5.32 Å². The number of imide groups is 1. The molecule has 28 heavy (non-hydrogen) atoms. The van der Waals surface area contributed by atoms with Crippen LogP contribution in [0.3, 0.4) is 0 Å². The number of ether oxygens (including phenoxy) is 1. The maximum Gasteiger partial charge on any atom is 0.261 e. The smallest absolute Gasteiger partial charge is 0.261 e. The standard InChI is InChI=1S/C21H30N4O3/c1-3-22-21(24-13-10-16(14-24)15-28-2)23-11-6-7-12-25-19(26)17-8-4-5-9-18(17)20(25)27/h4-5,8-9,16H,3,6-7,10-15H2,1-2H3,(H,22,23). The Balaban J connectivity index is 1.46. The largest absolute Gasteiger partial charge is 0.384 e. The summed E-state index contributed by atoms with van der Waals surface area (Å²) in [6.45, 7) is 6.77. The van der Waals surface area contributed by atoms with Crippen molar-refractivity contribution in [1.29, 1.82) is 0 Å². The number of methoxy groups -OCH3 is 1. The van der Waals surface area contributed by atoms with Gasteiger partial charge in [0.05, 0.1) is 17.7 Å². The van der Waals surface area contributed by atoms with Crippen molar-refractivity contribution in [3.8, 4) is 0 Å². The molecule has 7 heteroatoms. The fourth-order valence-corrected chi connectivity index (χ4v) is 3.83. The minimum absolute atomic E-state index is 0.182. The van der Waals surface area contributed by atoms with Crippen LogP contribution in [0.2, 0.25) is 0 Å². The molecule has 0 aliphatic carbocycles. The van der Waals surface area contributed by atoms with Crippen LogP contribution in [0.1, 0.15) is 46.9 Å². The molecule has 152 valence electrons. The first-order valence-electron chi connectivity index (χ1n) is 10.1. The van der Waals surface area contributed by atoms with Crippen molar-refractivity contribution in [2.24, 2.45) is 10.9 Å². The first-order chi connectivity index (χ1) is 13.7. The number of likely N-dealkylation sites (tertiary alicyclic amines) is 1. The van der Waals surface area contributed by atoms with Crippen molar-refractivity contribution in [2.45, 2.75) is 26.2 Å². The zero-order valence-electron chi connectivity index (χ0n) is 16.8. The summed E-state index contributed by atoms with van der Waals surface area (Å²) in [7, 11) is 1.75. The van der Waals surface area contributed by atoms with Crippen LogP contribution in [-0.4, -0.2) is 74.0 Å². The molecular formula is C21H30N4O3. The van der Waals surface area contributed by atoms with Gasteiger partial charge in [-0.25, -0.2) is 0 Å². The summed E-state index contributed by atoms with van der Waals surface area (Å²) in [5, 5.41) is 3.36. The molecule has 1 aromatic carbocycles. The molecule has 7 nitrogen and oxygen atoms in total. The van der Waals surface area contributed by atoms with Crippen LogP contribution in [0.25, 0.3) is 0 Å². The van der Waals surface area contributed by atoms with Crippen LogP contribution in [0.5, 0.6) is 0 Å². The molecular weight excluding hydrogens is 356 g/mol. The SMILES string of the molecule is CCNC(=NCCCCN1C(=O)c2ccccc2C1=O)N1CCC(COC)C1. The summed E-state index contributed by atoms with van der Waals surface area (Å²) >= 11 is 0. The van der Waals surface area contributed by atoms with Crippen molar-refractivity contribution < 1.29 is 14.3 Å². The Morgan fingerprint density at radius 2 is 1.93 bits per heavy atom. The molecule has 1 unspecified atom stereocenters. The second kappa shape index (κ2) is 9.68. The van der Waals surface area contributed by atoms with E-state index in [9.17, 15) is 9.59 Å². The van der Waals surface area contributed by atoms with E-state index in [0.29, 0.717) is 30.1 Å². The van der Waals surface area contributed by atoms with E-state index >= 15 is 0 Å². The highest BCUT2D eigenvalue weighted by atomic mass is 16.5. The molecule has 1 N–H and O–H groups in total. The molecule has 1 fully saturated rings. The lowest BCUT2D eigenvalue weighted by molar-refractivity contribution is 0.0652. The summed E-state index contributed by atoms with van der Waals surface area (Å²) in [5.74, 6) is 1.14. The summed E-state index contributed by atoms with van der Waals surface area (Å²) < 4.78 is 5.27. The maximum atomic E-state index is 12.4. The molecule has 3 rings (SSSR count). The van der Waals surface area contributed by atoms with Crippen LogP contribution in [0.15, 0.2) is 29.3 Å². The zero-order valence-corrected chi connectivity index (χ0v) is 16.8. The van der Waals surface area contributed by atoms with Gasteiger partial charge in [0.25, 0.3) is 11.8 Å². The number of nitrogens with zero attached hydrogens (tertiary/aromatic N) is 3. The van der Waals surface area contributed by atoms with E-state index in [2.05, 4.69) is 17.1 Å². The molecule has 2 amide bonds. The van der Waals surface area contributed by atoms with Gasteiger partial charge >= 0.3 is 0 Å². The van der Waals surface area contributed by atoms with Gasteiger partial charge in [-0.3, -0.25) is 19.5 Å². The van der Waals surface area contributed by atoms with E-state index in [1.165, 1.54) is 4.90 Å². The monoisotopic (exact) mass is 386 g/mol. The molecule has 2 heterocycles. The third-order valence-corrected chi connectivity index (χ3v) is 5.25. The first-order valence-corrected chi connectivity index (χ1v) is 10.1. The molecule has 1 saturated heterocycles. The van der Waals surface area contributed by atoms with Crippen LogP contribution in [-0.2, 0) is 4.74 Å². The van der Waals surface area contributed by atoms with Gasteiger partial charge in [0.15, 0.2) is 5.96 Å². The average molecular weight is 386 g/mol. The molecule has 0 aromatic heterocycles. The van der Waals surface area contributed by atoms with Crippen molar-refractivity contribution >= 4 is 17.8 Å². The molecule has 0 radical (unpaired) electrons. The minimum Gasteiger partial charge on any atom is -0.384 e. The number of amides is 2. The summed E-state index contributed by atoms with van der Waals surface area (Å²) in [6, 6.07) is 7.02. The first kappa shape index (κ1) is 20.3. The second-order valence-electron chi connectivity index (χ2n) is 7.31. The third-order valence-electron chi connectivity index (χ3n) is 5.25. The van der Waals surface area contributed by atoms with E-state index in [1.807, 2.05) is 0 Å². The van der Waals surface area contributed by atoms with Gasteiger partial charge in [-0.05, 0) is 38.3 Å². The van der Waals surface area contributed by atoms with E-state index in [1.54, 1.807) is 31.4 Å². The summed E-state index contributed by atoms with van der Waals surface area (Å²) in [4.78, 5) is 33.1. The van der Waals surface area contributed by atoms with Crippen LogP contribution in [0.4, 0.5) is 0 Å². The number of carbonyl (C=O) groups is 2. The van der Waals surface area contributed by atoms with Gasteiger partial charge in [-0.15, -0.1) is 0 Å². The van der Waals surface area contributed by atoms with Crippen molar-refractivity contribution in [1.82, 2.24) is 15.1 Å². The number of rotatable bonds is 8. The number of unbranched alkanes of at least 4 members (excludes halogenated alkanes) is 1. The Labute approximate surface area is 166 Å². The van der Waals surface area contributed by atoms with E-state index in [0.717, 1.165) is 51.5 Å². The lowest BCUT2D eigenvalue weighted by Crippen LogP contribution is -2.40. The number of hydrogen-bond acceptors (Lipinski definition) is 4. The highest BCUT2D eigenvalue weighted by Gasteiger charge is 2.34. The van der Waals surface area contributed by atoms with Gasteiger partial charge in [0.1, 0.15) is 0 Å². The Hall–Kier alpha value is -2.41. The number of nitrogens with one attached hydrogen (secondary N) is 1. The minimum atomic E-state index is -0.182. The predicted molar refractivity (Wildman–Crippen MR) is 109 cm³/mol. The van der Waals surface area contributed by atoms with E-state index in [4.69, 9.17) is 9.73 Å². The quantitative estimate of drug-likeness (QED) is 0.320. The van der Waals surface area contributed by atoms with Gasteiger partial charge in [0, 0.05) is 45.8 Å². The van der Waals surface area contributed by atoms with Crippen molar-refractivity contribution in [3.05, 3.63) is 35.4 Å². The van der Waals surface area contributed by atoms with Gasteiger partial charge in [-0.1, -0.05) is 12.1 Å². The maximum absolute atomic E-state index is 12.4. The second-order valence-corrected chi connectivity index (χ2v) is 7.31. The fraction of sp³-hybridized carbons (Fsp3) is 0.571. The Bertz CT molecular complexity index is 699.